The van der Waals surface area contributed by atoms with E-state index in [1.807, 2.05) is 36.8 Å². The highest BCUT2D eigenvalue weighted by Crippen LogP contribution is 2.40. The quantitative estimate of drug-likeness (QED) is 0.294. The predicted molar refractivity (Wildman–Crippen MR) is 146 cm³/mol. The number of nitrogens with zero attached hydrogens (tertiary/aromatic N) is 3. The summed E-state index contributed by atoms with van der Waals surface area (Å²) in [7, 11) is 1.96. The van der Waals surface area contributed by atoms with Crippen molar-refractivity contribution in [2.45, 2.75) is 77.0 Å². The number of carbonyl (C=O) groups excluding carboxylic acids is 2. The Kier molecular flexibility index (Phi) is 7.55. The maximum Gasteiger partial charge on any atom is 0.341 e. The third-order valence-corrected chi connectivity index (χ3v) is 10.1. The van der Waals surface area contributed by atoms with Crippen LogP contribution in [0.4, 0.5) is 5.00 Å². The average Bonchev–Trinajstić information content (AvgIpc) is 3.51. The molecule has 0 bridgehead atoms. The molecular formula is C26H32N4O3S3. The van der Waals surface area contributed by atoms with Crippen LogP contribution in [0.1, 0.15) is 71.3 Å². The lowest BCUT2D eigenvalue weighted by Crippen LogP contribution is -2.19. The molecule has 36 heavy (non-hydrogen) atoms. The van der Waals surface area contributed by atoms with Gasteiger partial charge in [-0.1, -0.05) is 18.7 Å². The molecule has 0 spiro atoms. The molecule has 1 atom stereocenters. The molecule has 0 fully saturated rings. The van der Waals surface area contributed by atoms with Crippen molar-refractivity contribution in [1.29, 1.82) is 0 Å². The SMILES string of the molecule is CC1CCc2c(-c3nnc(SCC(=O)Nc4sc5c(c4C(=O)OC(C)C)CCCC5)n3C)csc2C1. The summed E-state index contributed by atoms with van der Waals surface area (Å²) >= 11 is 4.69. The number of hydrogen-bond acceptors (Lipinski definition) is 8. The maximum absolute atomic E-state index is 12.9. The van der Waals surface area contributed by atoms with Crippen LogP contribution in [0, 0.1) is 5.92 Å². The Morgan fingerprint density at radius 1 is 1.19 bits per heavy atom. The Morgan fingerprint density at radius 3 is 2.81 bits per heavy atom. The number of amides is 1. The largest absolute Gasteiger partial charge is 0.459 e. The number of aryl methyl sites for hydroxylation is 1. The van der Waals surface area contributed by atoms with Crippen LogP contribution in [0.5, 0.6) is 0 Å². The van der Waals surface area contributed by atoms with Gasteiger partial charge in [0.25, 0.3) is 0 Å². The molecule has 3 aromatic rings. The van der Waals surface area contributed by atoms with Crippen molar-refractivity contribution in [3.63, 3.8) is 0 Å². The Balaban J connectivity index is 1.28. The van der Waals surface area contributed by atoms with E-state index >= 15 is 0 Å². The van der Waals surface area contributed by atoms with Gasteiger partial charge in [-0.15, -0.1) is 32.9 Å². The maximum atomic E-state index is 12.9. The van der Waals surface area contributed by atoms with Crippen LogP contribution in [-0.4, -0.2) is 38.5 Å². The molecule has 3 aromatic heterocycles. The number of nitrogens with one attached hydrogen (secondary N) is 1. The Morgan fingerprint density at radius 2 is 2.00 bits per heavy atom. The molecule has 7 nitrogen and oxygen atoms in total. The van der Waals surface area contributed by atoms with Crippen molar-refractivity contribution in [2.24, 2.45) is 13.0 Å². The highest BCUT2D eigenvalue weighted by atomic mass is 32.2. The van der Waals surface area contributed by atoms with E-state index in [4.69, 9.17) is 4.74 Å². The lowest BCUT2D eigenvalue weighted by Gasteiger charge is -2.18. The zero-order chi connectivity index (χ0) is 25.4. The van der Waals surface area contributed by atoms with Gasteiger partial charge in [0.1, 0.15) is 5.00 Å². The van der Waals surface area contributed by atoms with Crippen LogP contribution in [0.15, 0.2) is 10.5 Å². The highest BCUT2D eigenvalue weighted by Gasteiger charge is 2.28. The van der Waals surface area contributed by atoms with Crippen LogP contribution in [0.2, 0.25) is 0 Å². The summed E-state index contributed by atoms with van der Waals surface area (Å²) in [4.78, 5) is 28.4. The van der Waals surface area contributed by atoms with Crippen LogP contribution in [0.3, 0.4) is 0 Å². The second-order valence-corrected chi connectivity index (χ2v) is 13.0. The van der Waals surface area contributed by atoms with E-state index in [0.717, 1.165) is 55.8 Å². The molecule has 10 heteroatoms. The smallest absolute Gasteiger partial charge is 0.341 e. The first-order chi connectivity index (χ1) is 17.3. The van der Waals surface area contributed by atoms with Gasteiger partial charge >= 0.3 is 5.97 Å². The number of fused-ring (bicyclic) bond motifs is 2. The number of carbonyl (C=O) groups is 2. The van der Waals surface area contributed by atoms with Gasteiger partial charge < -0.3 is 14.6 Å². The van der Waals surface area contributed by atoms with Gasteiger partial charge in [-0.25, -0.2) is 4.79 Å². The monoisotopic (exact) mass is 544 g/mol. The molecule has 5 rings (SSSR count). The molecule has 1 amide bonds. The van der Waals surface area contributed by atoms with Gasteiger partial charge in [-0.05, 0) is 75.8 Å². The van der Waals surface area contributed by atoms with Gasteiger partial charge in [0, 0.05) is 27.7 Å². The van der Waals surface area contributed by atoms with E-state index in [-0.39, 0.29) is 23.7 Å². The van der Waals surface area contributed by atoms with E-state index in [0.29, 0.717) is 15.7 Å². The minimum atomic E-state index is -0.348. The van der Waals surface area contributed by atoms with Crippen LogP contribution < -0.4 is 5.32 Å². The molecular weight excluding hydrogens is 513 g/mol. The molecule has 2 aliphatic carbocycles. The van der Waals surface area contributed by atoms with E-state index in [2.05, 4.69) is 27.8 Å². The van der Waals surface area contributed by atoms with Gasteiger partial charge in [0.2, 0.25) is 5.91 Å². The van der Waals surface area contributed by atoms with Crippen LogP contribution in [-0.2, 0) is 42.3 Å². The Bertz CT molecular complexity index is 1290. The molecule has 1 unspecified atom stereocenters. The third kappa shape index (κ3) is 5.13. The van der Waals surface area contributed by atoms with Crippen molar-refractivity contribution in [3.8, 4) is 11.4 Å². The highest BCUT2D eigenvalue weighted by molar-refractivity contribution is 7.99. The summed E-state index contributed by atoms with van der Waals surface area (Å²) in [6.45, 7) is 5.99. The second-order valence-electron chi connectivity index (χ2n) is 9.97. The van der Waals surface area contributed by atoms with E-state index in [1.165, 1.54) is 50.4 Å². The third-order valence-electron chi connectivity index (χ3n) is 6.78. The average molecular weight is 545 g/mol. The normalized spacial score (nSPS) is 17.1. The molecule has 0 saturated heterocycles. The number of thiophene rings is 2. The van der Waals surface area contributed by atoms with Crippen molar-refractivity contribution in [1.82, 2.24) is 14.8 Å². The van der Waals surface area contributed by atoms with Gasteiger partial charge in [-0.3, -0.25) is 4.79 Å². The first-order valence-corrected chi connectivity index (χ1v) is 15.3. The zero-order valence-electron chi connectivity index (χ0n) is 21.2. The fourth-order valence-electron chi connectivity index (χ4n) is 4.98. The van der Waals surface area contributed by atoms with Crippen molar-refractivity contribution in [3.05, 3.63) is 31.8 Å². The summed E-state index contributed by atoms with van der Waals surface area (Å²) in [5.74, 6) is 1.26. The lowest BCUT2D eigenvalue weighted by molar-refractivity contribution is -0.113. The van der Waals surface area contributed by atoms with Gasteiger partial charge in [-0.2, -0.15) is 0 Å². The number of aromatic nitrogens is 3. The number of ether oxygens (including phenoxy) is 1. The molecule has 2 aliphatic rings. The van der Waals surface area contributed by atoms with Crippen molar-refractivity contribution < 1.29 is 14.3 Å². The lowest BCUT2D eigenvalue weighted by atomic mass is 9.88. The predicted octanol–water partition coefficient (Wildman–Crippen LogP) is 5.90. The number of thioether (sulfide) groups is 1. The minimum absolute atomic E-state index is 0.163. The van der Waals surface area contributed by atoms with Crippen LogP contribution >= 0.6 is 34.4 Å². The molecule has 0 saturated carbocycles. The zero-order valence-corrected chi connectivity index (χ0v) is 23.6. The summed E-state index contributed by atoms with van der Waals surface area (Å²) in [5.41, 5.74) is 4.17. The molecule has 192 valence electrons. The number of rotatable bonds is 7. The second kappa shape index (κ2) is 10.7. The van der Waals surface area contributed by atoms with Crippen LogP contribution in [0.25, 0.3) is 11.4 Å². The van der Waals surface area contributed by atoms with E-state index < -0.39 is 0 Å². The van der Waals surface area contributed by atoms with E-state index in [1.54, 1.807) is 0 Å². The number of anilines is 1. The van der Waals surface area contributed by atoms with Gasteiger partial charge in [0.15, 0.2) is 11.0 Å². The molecule has 0 aromatic carbocycles. The first-order valence-electron chi connectivity index (χ1n) is 12.6. The summed E-state index contributed by atoms with van der Waals surface area (Å²) in [6.07, 6.45) is 7.17. The number of esters is 1. The van der Waals surface area contributed by atoms with Crippen molar-refractivity contribution in [2.75, 3.05) is 11.1 Å². The molecule has 0 aliphatic heterocycles. The van der Waals surface area contributed by atoms with Gasteiger partial charge in [0.05, 0.1) is 17.4 Å². The number of hydrogen-bond donors (Lipinski definition) is 1. The van der Waals surface area contributed by atoms with Crippen molar-refractivity contribution >= 4 is 51.3 Å². The molecule has 3 heterocycles. The minimum Gasteiger partial charge on any atom is -0.459 e. The summed E-state index contributed by atoms with van der Waals surface area (Å²) in [6, 6.07) is 0. The molecule has 1 N–H and O–H groups in total. The fraction of sp³-hybridized carbons (Fsp3) is 0.538. The van der Waals surface area contributed by atoms with E-state index in [9.17, 15) is 9.59 Å². The Labute approximate surface area is 224 Å². The Hall–Kier alpha value is -2.17. The summed E-state index contributed by atoms with van der Waals surface area (Å²) < 4.78 is 7.48. The fourth-order valence-corrected chi connectivity index (χ4v) is 8.22. The standard InChI is InChI=1S/C26H32N4O3S3/c1-14(2)33-25(32)22-17-7-5-6-8-19(17)36-24(22)27-21(31)13-35-26-29-28-23(30(26)4)18-12-34-20-11-15(3)9-10-16(18)20/h12,14-15H,5-11,13H2,1-4H3,(H,27,31). The topological polar surface area (TPSA) is 86.1 Å². The summed E-state index contributed by atoms with van der Waals surface area (Å²) in [5, 5.41) is 15.3. The first kappa shape index (κ1) is 25.5. The molecule has 0 radical (unpaired) electrons.